The second-order valence-electron chi connectivity index (χ2n) is 1.77. The summed E-state index contributed by atoms with van der Waals surface area (Å²) >= 11 is 9.53. The van der Waals surface area contributed by atoms with Crippen molar-refractivity contribution in [2.45, 2.75) is 13.3 Å². The molecule has 1 atom stereocenters. The third-order valence-corrected chi connectivity index (χ3v) is 1.76. The molecule has 0 aromatic heterocycles. The second-order valence-corrected chi connectivity index (χ2v) is 2.51. The van der Waals surface area contributed by atoms with Crippen LogP contribution < -0.4 is 0 Å². The van der Waals surface area contributed by atoms with Crippen LogP contribution >= 0.6 is 24.2 Å². The molecular weight excluding hydrogens is 128 g/mol. The van der Waals surface area contributed by atoms with Gasteiger partial charge in [0.05, 0.1) is 0 Å². The first-order valence-corrected chi connectivity index (χ1v) is 3.64. The Morgan fingerprint density at radius 1 is 1.71 bits per heavy atom. The molecule has 0 spiro atoms. The molecule has 0 nitrogen and oxygen atoms in total. The highest BCUT2D eigenvalue weighted by atomic mass is 35.5. The molecule has 0 heterocycles. The van der Waals surface area contributed by atoms with Crippen molar-refractivity contribution in [3.63, 3.8) is 0 Å². The van der Waals surface area contributed by atoms with Gasteiger partial charge in [-0.3, -0.25) is 0 Å². The number of hydrogen-bond donors (Lipinski definition) is 1. The monoisotopic (exact) mass is 138 g/mol. The van der Waals surface area contributed by atoms with E-state index in [0.717, 1.165) is 18.1 Å². The van der Waals surface area contributed by atoms with Crippen LogP contribution in [-0.2, 0) is 0 Å². The lowest BCUT2D eigenvalue weighted by Gasteiger charge is -2.00. The fourth-order valence-electron chi connectivity index (χ4n) is 0.278. The van der Waals surface area contributed by atoms with Gasteiger partial charge in [0.15, 0.2) is 0 Å². The van der Waals surface area contributed by atoms with Crippen molar-refractivity contribution in [1.82, 2.24) is 0 Å². The zero-order valence-corrected chi connectivity index (χ0v) is 6.17. The topological polar surface area (TPSA) is 0 Å². The van der Waals surface area contributed by atoms with E-state index in [9.17, 15) is 0 Å². The molecule has 0 N–H and O–H groups in total. The van der Waals surface area contributed by atoms with Gasteiger partial charge in [-0.2, -0.15) is 12.6 Å². The summed E-state index contributed by atoms with van der Waals surface area (Å²) in [6.45, 7) is 2.15. The lowest BCUT2D eigenvalue weighted by atomic mass is 10.2. The zero-order valence-electron chi connectivity index (χ0n) is 4.52. The lowest BCUT2D eigenvalue weighted by molar-refractivity contribution is 0.643. The SMILES string of the molecule is CC(CS)CCCl. The van der Waals surface area contributed by atoms with Crippen molar-refractivity contribution in [2.24, 2.45) is 5.92 Å². The van der Waals surface area contributed by atoms with Gasteiger partial charge >= 0.3 is 0 Å². The van der Waals surface area contributed by atoms with Gasteiger partial charge in [0.1, 0.15) is 0 Å². The Hall–Kier alpha value is 0.640. The highest BCUT2D eigenvalue weighted by Gasteiger charge is 1.94. The predicted molar refractivity (Wildman–Crippen MR) is 38.4 cm³/mol. The third kappa shape index (κ3) is 4.49. The van der Waals surface area contributed by atoms with Gasteiger partial charge in [0.2, 0.25) is 0 Å². The van der Waals surface area contributed by atoms with Gasteiger partial charge in [-0.15, -0.1) is 11.6 Å². The smallest absolute Gasteiger partial charge is 0.0226 e. The molecule has 0 rings (SSSR count). The molecule has 0 aliphatic heterocycles. The van der Waals surface area contributed by atoms with Gasteiger partial charge in [-0.1, -0.05) is 6.92 Å². The van der Waals surface area contributed by atoms with Crippen LogP contribution in [0, 0.1) is 5.92 Å². The minimum atomic E-state index is 0.681. The Kier molecular flexibility index (Phi) is 5.23. The molecule has 0 aromatic rings. The van der Waals surface area contributed by atoms with E-state index in [-0.39, 0.29) is 0 Å². The summed E-state index contributed by atoms with van der Waals surface area (Å²) in [7, 11) is 0. The molecule has 0 saturated carbocycles. The van der Waals surface area contributed by atoms with Crippen molar-refractivity contribution in [2.75, 3.05) is 11.6 Å². The van der Waals surface area contributed by atoms with Crippen LogP contribution in [0.4, 0.5) is 0 Å². The maximum Gasteiger partial charge on any atom is 0.0226 e. The van der Waals surface area contributed by atoms with Gasteiger partial charge in [0.25, 0.3) is 0 Å². The van der Waals surface area contributed by atoms with Gasteiger partial charge in [-0.05, 0) is 18.1 Å². The van der Waals surface area contributed by atoms with E-state index in [0.29, 0.717) is 5.92 Å². The summed E-state index contributed by atoms with van der Waals surface area (Å²) < 4.78 is 0. The Morgan fingerprint density at radius 2 is 2.29 bits per heavy atom. The van der Waals surface area contributed by atoms with E-state index in [1.54, 1.807) is 0 Å². The number of alkyl halides is 1. The van der Waals surface area contributed by atoms with Crippen LogP contribution in [0.15, 0.2) is 0 Å². The number of rotatable bonds is 3. The third-order valence-electron chi connectivity index (χ3n) is 0.914. The molecule has 0 aliphatic carbocycles. The fraction of sp³-hybridized carbons (Fsp3) is 1.00. The molecule has 44 valence electrons. The Labute approximate surface area is 55.7 Å². The van der Waals surface area contributed by atoms with Crippen LogP contribution in [0.3, 0.4) is 0 Å². The summed E-state index contributed by atoms with van der Waals surface area (Å²) in [5, 5.41) is 0. The van der Waals surface area contributed by atoms with E-state index in [1.807, 2.05) is 0 Å². The fourth-order valence-corrected chi connectivity index (χ4v) is 0.833. The maximum absolute atomic E-state index is 5.44. The molecule has 0 aromatic carbocycles. The first-order valence-electron chi connectivity index (χ1n) is 2.48. The first kappa shape index (κ1) is 7.64. The van der Waals surface area contributed by atoms with Gasteiger partial charge in [0, 0.05) is 5.88 Å². The second kappa shape index (κ2) is 4.79. The molecule has 1 unspecified atom stereocenters. The molecular formula is C5H11ClS. The predicted octanol–water partition coefficient (Wildman–Crippen LogP) is 2.18. The van der Waals surface area contributed by atoms with E-state index < -0.39 is 0 Å². The average molecular weight is 139 g/mol. The summed E-state index contributed by atoms with van der Waals surface area (Å²) in [5.41, 5.74) is 0. The van der Waals surface area contributed by atoms with Crippen molar-refractivity contribution in [1.29, 1.82) is 0 Å². The number of thiol groups is 1. The Balaban J connectivity index is 2.83. The molecule has 0 fully saturated rings. The molecule has 0 aliphatic rings. The summed E-state index contributed by atoms with van der Waals surface area (Å²) in [6.07, 6.45) is 1.09. The van der Waals surface area contributed by atoms with E-state index in [1.165, 1.54) is 0 Å². The van der Waals surface area contributed by atoms with E-state index in [4.69, 9.17) is 11.6 Å². The highest BCUT2D eigenvalue weighted by molar-refractivity contribution is 7.80. The van der Waals surface area contributed by atoms with Crippen LogP contribution in [0.5, 0.6) is 0 Å². The minimum Gasteiger partial charge on any atom is -0.179 e. The Bertz CT molecular complexity index is 39.1. The van der Waals surface area contributed by atoms with E-state index in [2.05, 4.69) is 19.6 Å². The van der Waals surface area contributed by atoms with Crippen LogP contribution in [0.25, 0.3) is 0 Å². The van der Waals surface area contributed by atoms with Crippen LogP contribution in [0.2, 0.25) is 0 Å². The number of hydrogen-bond acceptors (Lipinski definition) is 1. The minimum absolute atomic E-state index is 0.681. The molecule has 7 heavy (non-hydrogen) atoms. The van der Waals surface area contributed by atoms with Crippen LogP contribution in [0.1, 0.15) is 13.3 Å². The zero-order chi connectivity index (χ0) is 5.70. The molecule has 0 amide bonds. The Morgan fingerprint density at radius 3 is 2.43 bits per heavy atom. The van der Waals surface area contributed by atoms with E-state index >= 15 is 0 Å². The summed E-state index contributed by atoms with van der Waals surface area (Å²) in [4.78, 5) is 0. The number of halogens is 1. The molecule has 0 bridgehead atoms. The lowest BCUT2D eigenvalue weighted by Crippen LogP contribution is -1.95. The summed E-state index contributed by atoms with van der Waals surface area (Å²) in [5.74, 6) is 2.40. The summed E-state index contributed by atoms with van der Waals surface area (Å²) in [6, 6.07) is 0. The van der Waals surface area contributed by atoms with Crippen LogP contribution in [-0.4, -0.2) is 11.6 Å². The first-order chi connectivity index (χ1) is 3.31. The largest absolute Gasteiger partial charge is 0.179 e. The maximum atomic E-state index is 5.44. The molecule has 0 radical (unpaired) electrons. The van der Waals surface area contributed by atoms with Crippen molar-refractivity contribution < 1.29 is 0 Å². The highest BCUT2D eigenvalue weighted by Crippen LogP contribution is 2.03. The van der Waals surface area contributed by atoms with Crippen molar-refractivity contribution >= 4 is 24.2 Å². The quantitative estimate of drug-likeness (QED) is 0.449. The molecule has 2 heteroatoms. The van der Waals surface area contributed by atoms with Gasteiger partial charge < -0.3 is 0 Å². The average Bonchev–Trinajstić information content (AvgIpc) is 1.68. The normalized spacial score (nSPS) is 14.1. The van der Waals surface area contributed by atoms with Crippen molar-refractivity contribution in [3.05, 3.63) is 0 Å². The molecule has 0 saturated heterocycles. The van der Waals surface area contributed by atoms with Gasteiger partial charge in [-0.25, -0.2) is 0 Å². The standard InChI is InChI=1S/C5H11ClS/c1-5(4-7)2-3-6/h5,7H,2-4H2,1H3. The van der Waals surface area contributed by atoms with Crippen molar-refractivity contribution in [3.8, 4) is 0 Å².